The molecule has 9 aromatic rings. The number of benzene rings is 7. The van der Waals surface area contributed by atoms with Crippen LogP contribution in [0.4, 0.5) is 17.1 Å². The van der Waals surface area contributed by atoms with Gasteiger partial charge in [0.1, 0.15) is 10.6 Å². The van der Waals surface area contributed by atoms with Crippen LogP contribution in [-0.4, -0.2) is 4.98 Å². The van der Waals surface area contributed by atoms with Gasteiger partial charge in [-0.2, -0.15) is 0 Å². The quantitative estimate of drug-likeness (QED) is 0.192. The van der Waals surface area contributed by atoms with Gasteiger partial charge in [-0.05, 0) is 58.3 Å². The molecule has 2 heterocycles. The number of aromatic nitrogens is 1. The number of para-hydroxylation sites is 2. The van der Waals surface area contributed by atoms with E-state index >= 15 is 0 Å². The Hall–Kier alpha value is -5.97. The van der Waals surface area contributed by atoms with Gasteiger partial charge in [0.15, 0.2) is 5.58 Å². The number of rotatable bonds is 5. The molecular weight excluding hydrogens is 593 g/mol. The van der Waals surface area contributed by atoms with Gasteiger partial charge >= 0.3 is 0 Å². The van der Waals surface area contributed by atoms with E-state index in [1.807, 2.05) is 12.1 Å². The molecule has 220 valence electrons. The molecule has 0 saturated carbocycles. The van der Waals surface area contributed by atoms with Crippen LogP contribution in [0, 0.1) is 0 Å². The van der Waals surface area contributed by atoms with E-state index in [4.69, 9.17) is 9.40 Å². The van der Waals surface area contributed by atoms with Crippen LogP contribution < -0.4 is 4.90 Å². The maximum Gasteiger partial charge on any atom is 0.159 e. The van der Waals surface area contributed by atoms with Gasteiger partial charge in [0.05, 0.1) is 16.3 Å². The smallest absolute Gasteiger partial charge is 0.159 e. The SMILES string of the molecule is c1ccc(-c2ccc(N(c3cc4c5c(cccc5c3)-c3sc(-c5ccccc5)nc3-4)c3cccc4c3oc3ccccc34)cc2)cc1. The molecule has 1 aliphatic rings. The maximum absolute atomic E-state index is 6.61. The Labute approximate surface area is 275 Å². The van der Waals surface area contributed by atoms with E-state index in [-0.39, 0.29) is 0 Å². The van der Waals surface area contributed by atoms with Crippen LogP contribution in [0.1, 0.15) is 0 Å². The van der Waals surface area contributed by atoms with Crippen molar-refractivity contribution < 1.29 is 4.42 Å². The van der Waals surface area contributed by atoms with Crippen LogP contribution in [0.25, 0.3) is 76.1 Å². The zero-order valence-corrected chi connectivity index (χ0v) is 26.0. The van der Waals surface area contributed by atoms with E-state index in [1.54, 1.807) is 11.3 Å². The minimum Gasteiger partial charge on any atom is -0.454 e. The molecule has 0 fully saturated rings. The summed E-state index contributed by atoms with van der Waals surface area (Å²) < 4.78 is 6.61. The Morgan fingerprint density at radius 3 is 2.06 bits per heavy atom. The second kappa shape index (κ2) is 10.3. The summed E-state index contributed by atoms with van der Waals surface area (Å²) in [4.78, 5) is 8.83. The molecule has 0 radical (unpaired) electrons. The third-order valence-electron chi connectivity index (χ3n) is 9.22. The zero-order valence-electron chi connectivity index (χ0n) is 25.2. The predicted octanol–water partition coefficient (Wildman–Crippen LogP) is 12.6. The van der Waals surface area contributed by atoms with E-state index in [2.05, 4.69) is 150 Å². The van der Waals surface area contributed by atoms with Crippen LogP contribution in [0.5, 0.6) is 0 Å². The minimum atomic E-state index is 0.867. The molecule has 47 heavy (non-hydrogen) atoms. The number of hydrogen-bond acceptors (Lipinski definition) is 4. The molecule has 10 rings (SSSR count). The van der Waals surface area contributed by atoms with Gasteiger partial charge in [-0.1, -0.05) is 121 Å². The van der Waals surface area contributed by atoms with E-state index in [9.17, 15) is 0 Å². The molecule has 0 amide bonds. The average molecular weight is 619 g/mol. The average Bonchev–Trinajstić information content (AvgIpc) is 3.83. The standard InChI is InChI=1S/C43H26N2OS/c1-3-11-27(12-4-1)28-21-23-31(24-22-28)45(37-19-10-17-34-33-16-7-8-20-38(33)46-41(34)37)32-25-30-15-9-18-35-39(30)36(26-32)40-42(35)47-43(44-40)29-13-5-2-6-14-29/h1-26H. The third-order valence-corrected chi connectivity index (χ3v) is 10.4. The molecule has 0 saturated heterocycles. The van der Waals surface area contributed by atoms with Crippen molar-refractivity contribution in [2.24, 2.45) is 0 Å². The molecule has 0 spiro atoms. The van der Waals surface area contributed by atoms with Gasteiger partial charge < -0.3 is 9.32 Å². The van der Waals surface area contributed by atoms with E-state index in [0.717, 1.165) is 55.3 Å². The van der Waals surface area contributed by atoms with Gasteiger partial charge in [0.25, 0.3) is 0 Å². The Balaban J connectivity index is 1.21. The summed E-state index contributed by atoms with van der Waals surface area (Å²) >= 11 is 1.78. The summed E-state index contributed by atoms with van der Waals surface area (Å²) in [6.07, 6.45) is 0. The molecule has 0 N–H and O–H groups in total. The largest absolute Gasteiger partial charge is 0.454 e. The lowest BCUT2D eigenvalue weighted by Gasteiger charge is -2.26. The first-order valence-electron chi connectivity index (χ1n) is 15.8. The summed E-state index contributed by atoms with van der Waals surface area (Å²) in [5, 5.41) is 5.73. The molecule has 0 aliphatic heterocycles. The van der Waals surface area contributed by atoms with Crippen molar-refractivity contribution >= 4 is 61.1 Å². The number of thiazole rings is 1. The van der Waals surface area contributed by atoms with Crippen molar-refractivity contribution in [2.75, 3.05) is 4.90 Å². The third kappa shape index (κ3) is 4.09. The van der Waals surface area contributed by atoms with Gasteiger partial charge in [0.2, 0.25) is 0 Å². The van der Waals surface area contributed by atoms with Crippen molar-refractivity contribution in [3.8, 4) is 43.4 Å². The second-order valence-electron chi connectivity index (χ2n) is 12.0. The Kier molecular flexibility index (Phi) is 5.74. The minimum absolute atomic E-state index is 0.867. The lowest BCUT2D eigenvalue weighted by atomic mass is 10.0. The van der Waals surface area contributed by atoms with Crippen molar-refractivity contribution in [3.63, 3.8) is 0 Å². The van der Waals surface area contributed by atoms with Gasteiger partial charge in [-0.25, -0.2) is 4.98 Å². The molecule has 3 nitrogen and oxygen atoms in total. The van der Waals surface area contributed by atoms with E-state index in [0.29, 0.717) is 0 Å². The van der Waals surface area contributed by atoms with Crippen molar-refractivity contribution in [1.82, 2.24) is 4.98 Å². The number of furan rings is 1. The molecular formula is C43H26N2OS. The van der Waals surface area contributed by atoms with Crippen molar-refractivity contribution in [2.45, 2.75) is 0 Å². The highest BCUT2D eigenvalue weighted by Crippen LogP contribution is 2.53. The fraction of sp³-hybridized carbons (Fsp3) is 0. The Morgan fingerprint density at radius 1 is 0.532 bits per heavy atom. The first-order valence-corrected chi connectivity index (χ1v) is 16.6. The lowest BCUT2D eigenvalue weighted by molar-refractivity contribution is 0.669. The first-order chi connectivity index (χ1) is 23.3. The fourth-order valence-corrected chi connectivity index (χ4v) is 8.19. The number of hydrogen-bond donors (Lipinski definition) is 0. The van der Waals surface area contributed by atoms with Gasteiger partial charge in [0, 0.05) is 38.8 Å². The Bertz CT molecular complexity index is 2620. The molecule has 7 aromatic carbocycles. The highest BCUT2D eigenvalue weighted by molar-refractivity contribution is 7.19. The Morgan fingerprint density at radius 2 is 1.23 bits per heavy atom. The molecule has 4 heteroatoms. The monoisotopic (exact) mass is 618 g/mol. The van der Waals surface area contributed by atoms with Crippen LogP contribution in [0.3, 0.4) is 0 Å². The molecule has 2 aromatic heterocycles. The fourth-order valence-electron chi connectivity index (χ4n) is 7.08. The molecule has 0 bridgehead atoms. The summed E-state index contributed by atoms with van der Waals surface area (Å²) in [5.41, 5.74) is 11.9. The number of nitrogens with zero attached hydrogens (tertiary/aromatic N) is 2. The normalized spacial score (nSPS) is 11.8. The van der Waals surface area contributed by atoms with Crippen LogP contribution in [-0.2, 0) is 0 Å². The maximum atomic E-state index is 6.61. The van der Waals surface area contributed by atoms with Crippen LogP contribution >= 0.6 is 11.3 Å². The predicted molar refractivity (Wildman–Crippen MR) is 197 cm³/mol. The van der Waals surface area contributed by atoms with Gasteiger partial charge in [-0.3, -0.25) is 0 Å². The molecule has 0 atom stereocenters. The summed E-state index contributed by atoms with van der Waals surface area (Å²) in [6, 6.07) is 55.8. The summed E-state index contributed by atoms with van der Waals surface area (Å²) in [6.45, 7) is 0. The molecule has 0 unspecified atom stereocenters. The lowest BCUT2D eigenvalue weighted by Crippen LogP contribution is -2.10. The first kappa shape index (κ1) is 26.3. The zero-order chi connectivity index (χ0) is 30.9. The second-order valence-corrected chi connectivity index (χ2v) is 13.0. The van der Waals surface area contributed by atoms with Crippen LogP contribution in [0.15, 0.2) is 162 Å². The topological polar surface area (TPSA) is 29.3 Å². The van der Waals surface area contributed by atoms with Crippen molar-refractivity contribution in [3.05, 3.63) is 158 Å². The summed E-state index contributed by atoms with van der Waals surface area (Å²) in [5.74, 6) is 0. The van der Waals surface area contributed by atoms with Crippen LogP contribution in [0.2, 0.25) is 0 Å². The summed E-state index contributed by atoms with van der Waals surface area (Å²) in [7, 11) is 0. The number of fused-ring (bicyclic) bond motifs is 6. The molecule has 1 aliphatic carbocycles. The van der Waals surface area contributed by atoms with Crippen molar-refractivity contribution in [1.29, 1.82) is 0 Å². The highest BCUT2D eigenvalue weighted by Gasteiger charge is 2.29. The van der Waals surface area contributed by atoms with E-state index in [1.165, 1.54) is 37.9 Å². The highest BCUT2D eigenvalue weighted by atomic mass is 32.1. The number of anilines is 3. The van der Waals surface area contributed by atoms with E-state index < -0.39 is 0 Å². The van der Waals surface area contributed by atoms with Gasteiger partial charge in [-0.15, -0.1) is 11.3 Å².